The van der Waals surface area contributed by atoms with Gasteiger partial charge in [-0.15, -0.1) is 0 Å². The Labute approximate surface area is 122 Å². The van der Waals surface area contributed by atoms with Crippen molar-refractivity contribution in [3.05, 3.63) is 0 Å². The highest BCUT2D eigenvalue weighted by Gasteiger charge is 2.55. The fourth-order valence-electron chi connectivity index (χ4n) is 6.61. The van der Waals surface area contributed by atoms with Crippen molar-refractivity contribution in [3.63, 3.8) is 0 Å². The largest absolute Gasteiger partial charge is 0.393 e. The maximum absolute atomic E-state index is 12.0. The molecule has 7 atom stereocenters. The second-order valence-corrected chi connectivity index (χ2v) is 8.51. The fraction of sp³-hybridized carbons (Fsp3) is 0.944. The summed E-state index contributed by atoms with van der Waals surface area (Å²) < 4.78 is 0. The molecule has 112 valence electrons. The van der Waals surface area contributed by atoms with E-state index in [1.807, 2.05) is 0 Å². The lowest BCUT2D eigenvalue weighted by atomic mass is 9.50. The van der Waals surface area contributed by atoms with E-state index in [1.165, 1.54) is 32.1 Å². The topological polar surface area (TPSA) is 37.3 Å². The fourth-order valence-corrected chi connectivity index (χ4v) is 6.61. The van der Waals surface area contributed by atoms with Crippen LogP contribution in [0.3, 0.4) is 0 Å². The number of ketones is 1. The molecule has 1 N–H and O–H groups in total. The highest BCUT2D eigenvalue weighted by atomic mass is 16.3. The van der Waals surface area contributed by atoms with Crippen molar-refractivity contribution >= 4 is 5.78 Å². The molecule has 0 aliphatic heterocycles. The van der Waals surface area contributed by atoms with Crippen LogP contribution in [-0.2, 0) is 4.79 Å². The van der Waals surface area contributed by atoms with Gasteiger partial charge >= 0.3 is 0 Å². The molecule has 0 heterocycles. The molecule has 4 fully saturated rings. The molecule has 2 heteroatoms. The predicted molar refractivity (Wildman–Crippen MR) is 78.1 cm³/mol. The maximum Gasteiger partial charge on any atom is 0.133 e. The summed E-state index contributed by atoms with van der Waals surface area (Å²) in [5.74, 6) is 4.53. The van der Waals surface area contributed by atoms with Gasteiger partial charge in [-0.25, -0.2) is 0 Å². The van der Waals surface area contributed by atoms with Gasteiger partial charge in [-0.3, -0.25) is 4.79 Å². The number of carbonyl (C=O) groups excluding carboxylic acids is 1. The minimum Gasteiger partial charge on any atom is -0.393 e. The molecule has 0 amide bonds. The Morgan fingerprint density at radius 2 is 1.85 bits per heavy atom. The Kier molecular flexibility index (Phi) is 3.03. The summed E-state index contributed by atoms with van der Waals surface area (Å²) >= 11 is 0. The Morgan fingerprint density at radius 1 is 1.05 bits per heavy atom. The van der Waals surface area contributed by atoms with Crippen LogP contribution in [0.25, 0.3) is 0 Å². The highest BCUT2D eigenvalue weighted by Crippen LogP contribution is 2.61. The molecule has 0 aromatic heterocycles. The first-order chi connectivity index (χ1) is 9.57. The molecule has 4 rings (SSSR count). The molecule has 2 nitrogen and oxygen atoms in total. The second-order valence-electron chi connectivity index (χ2n) is 8.51. The molecule has 0 aromatic carbocycles. The number of aliphatic hydroxyl groups is 1. The number of hydrogen-bond acceptors (Lipinski definition) is 2. The Bertz CT molecular complexity index is 418. The van der Waals surface area contributed by atoms with Gasteiger partial charge in [-0.1, -0.05) is 6.92 Å². The number of carbonyl (C=O) groups is 1. The van der Waals surface area contributed by atoms with Crippen molar-refractivity contribution in [2.24, 2.45) is 35.0 Å². The normalized spacial score (nSPS) is 55.0. The van der Waals surface area contributed by atoms with E-state index in [0.717, 1.165) is 49.4 Å². The van der Waals surface area contributed by atoms with Crippen molar-refractivity contribution in [1.82, 2.24) is 0 Å². The average Bonchev–Trinajstić information content (AvgIpc) is 2.72. The van der Waals surface area contributed by atoms with Crippen molar-refractivity contribution in [3.8, 4) is 0 Å². The first-order valence-corrected chi connectivity index (χ1v) is 8.76. The van der Waals surface area contributed by atoms with Gasteiger partial charge in [-0.05, 0) is 80.0 Å². The highest BCUT2D eigenvalue weighted by molar-refractivity contribution is 5.82. The Morgan fingerprint density at radius 3 is 2.70 bits per heavy atom. The first kappa shape index (κ1) is 13.3. The van der Waals surface area contributed by atoms with E-state index in [1.54, 1.807) is 0 Å². The number of Topliss-reactive ketones (excluding diaryl/α,β-unsaturated/α-hetero) is 1. The SMILES string of the molecule is C[C@@]12CC[C@@H]3[C@@H]4CC[C@H](O)C[C@H]4CC[C@H]3[C@@H]1CC(=O)C2. The van der Waals surface area contributed by atoms with E-state index in [9.17, 15) is 9.90 Å². The molecule has 0 saturated heterocycles. The third-order valence-electron chi connectivity index (χ3n) is 7.49. The molecule has 4 saturated carbocycles. The third kappa shape index (κ3) is 1.90. The van der Waals surface area contributed by atoms with E-state index in [-0.39, 0.29) is 6.10 Å². The van der Waals surface area contributed by atoms with Gasteiger partial charge in [0.2, 0.25) is 0 Å². The van der Waals surface area contributed by atoms with Crippen molar-refractivity contribution in [2.45, 2.75) is 70.8 Å². The van der Waals surface area contributed by atoms with Crippen LogP contribution >= 0.6 is 0 Å². The standard InChI is InChI=1S/C18H28O2/c1-18-7-6-15-14-5-3-12(19)8-11(14)2-4-16(15)17(18)9-13(20)10-18/h11-12,14-17,19H,2-10H2,1H3/t11-,12+,14-,15-,16-,17+,18+/m1/s1. The zero-order valence-electron chi connectivity index (χ0n) is 12.7. The molecular weight excluding hydrogens is 248 g/mol. The average molecular weight is 276 g/mol. The van der Waals surface area contributed by atoms with Gasteiger partial charge in [0.1, 0.15) is 5.78 Å². The lowest BCUT2D eigenvalue weighted by Gasteiger charge is -2.54. The van der Waals surface area contributed by atoms with E-state index in [2.05, 4.69) is 6.92 Å². The smallest absolute Gasteiger partial charge is 0.133 e. The quantitative estimate of drug-likeness (QED) is 0.734. The van der Waals surface area contributed by atoms with E-state index in [4.69, 9.17) is 0 Å². The molecule has 0 spiro atoms. The molecule has 0 unspecified atom stereocenters. The second kappa shape index (κ2) is 4.56. The lowest BCUT2D eigenvalue weighted by Crippen LogP contribution is -2.47. The molecule has 4 aliphatic carbocycles. The monoisotopic (exact) mass is 276 g/mol. The van der Waals surface area contributed by atoms with Gasteiger partial charge < -0.3 is 5.11 Å². The van der Waals surface area contributed by atoms with Crippen LogP contribution in [0.4, 0.5) is 0 Å². The molecule has 0 bridgehead atoms. The van der Waals surface area contributed by atoms with Crippen LogP contribution < -0.4 is 0 Å². The summed E-state index contributed by atoms with van der Waals surface area (Å²) in [4.78, 5) is 12.0. The van der Waals surface area contributed by atoms with Crippen molar-refractivity contribution in [2.75, 3.05) is 0 Å². The van der Waals surface area contributed by atoms with Gasteiger partial charge in [-0.2, -0.15) is 0 Å². The third-order valence-corrected chi connectivity index (χ3v) is 7.49. The number of hydrogen-bond donors (Lipinski definition) is 1. The van der Waals surface area contributed by atoms with Gasteiger partial charge in [0.25, 0.3) is 0 Å². The molecule has 20 heavy (non-hydrogen) atoms. The summed E-state index contributed by atoms with van der Waals surface area (Å²) in [7, 11) is 0. The van der Waals surface area contributed by atoms with Gasteiger partial charge in [0.05, 0.1) is 6.10 Å². The molecular formula is C18H28O2. The van der Waals surface area contributed by atoms with E-state index >= 15 is 0 Å². The predicted octanol–water partition coefficient (Wildman–Crippen LogP) is 3.57. The summed E-state index contributed by atoms with van der Waals surface area (Å²) in [5.41, 5.74) is 0.333. The van der Waals surface area contributed by atoms with Crippen molar-refractivity contribution < 1.29 is 9.90 Å². The minimum atomic E-state index is -0.0327. The van der Waals surface area contributed by atoms with Crippen LogP contribution in [-0.4, -0.2) is 17.0 Å². The molecule has 4 aliphatic rings. The first-order valence-electron chi connectivity index (χ1n) is 8.76. The van der Waals surface area contributed by atoms with Gasteiger partial charge in [0, 0.05) is 12.8 Å². The summed E-state index contributed by atoms with van der Waals surface area (Å²) in [6.07, 6.45) is 10.3. The van der Waals surface area contributed by atoms with Crippen LogP contribution in [0, 0.1) is 35.0 Å². The molecule has 0 radical (unpaired) electrons. The van der Waals surface area contributed by atoms with Crippen LogP contribution in [0.1, 0.15) is 64.7 Å². The Balaban J connectivity index is 1.57. The number of rotatable bonds is 0. The van der Waals surface area contributed by atoms with Crippen LogP contribution in [0.15, 0.2) is 0 Å². The summed E-state index contributed by atoms with van der Waals surface area (Å²) in [6, 6.07) is 0. The summed E-state index contributed by atoms with van der Waals surface area (Å²) in [5, 5.41) is 9.93. The zero-order valence-corrected chi connectivity index (χ0v) is 12.7. The van der Waals surface area contributed by atoms with Crippen LogP contribution in [0.5, 0.6) is 0 Å². The maximum atomic E-state index is 12.0. The van der Waals surface area contributed by atoms with E-state index < -0.39 is 0 Å². The Hall–Kier alpha value is -0.370. The lowest BCUT2D eigenvalue weighted by molar-refractivity contribution is -0.118. The number of fused-ring (bicyclic) bond motifs is 5. The number of aliphatic hydroxyl groups excluding tert-OH is 1. The summed E-state index contributed by atoms with van der Waals surface area (Å²) in [6.45, 7) is 2.38. The van der Waals surface area contributed by atoms with Gasteiger partial charge in [0.15, 0.2) is 0 Å². The zero-order chi connectivity index (χ0) is 13.9. The van der Waals surface area contributed by atoms with Crippen LogP contribution in [0.2, 0.25) is 0 Å². The minimum absolute atomic E-state index is 0.0327. The van der Waals surface area contributed by atoms with E-state index in [0.29, 0.717) is 17.1 Å². The van der Waals surface area contributed by atoms with Crippen molar-refractivity contribution in [1.29, 1.82) is 0 Å². The molecule has 0 aromatic rings.